The predicted molar refractivity (Wildman–Crippen MR) is 97.8 cm³/mol. The molecule has 0 spiro atoms. The van der Waals surface area contributed by atoms with Crippen LogP contribution in [0.2, 0.25) is 0 Å². The summed E-state index contributed by atoms with van der Waals surface area (Å²) in [4.78, 5) is 32.0. The second kappa shape index (κ2) is 6.26. The van der Waals surface area contributed by atoms with Crippen LogP contribution in [0.4, 0.5) is 0 Å². The molecule has 1 aromatic heterocycles. The molecule has 0 N–H and O–H groups in total. The van der Waals surface area contributed by atoms with Crippen LogP contribution in [-0.2, 0) is 6.42 Å². The van der Waals surface area contributed by atoms with Crippen LogP contribution in [0.5, 0.6) is 0 Å². The Labute approximate surface area is 149 Å². The number of aryl methyl sites for hydroxylation is 1. The van der Waals surface area contributed by atoms with Crippen molar-refractivity contribution in [3.05, 3.63) is 75.6 Å². The first-order valence-electron chi connectivity index (χ1n) is 8.12. The first-order chi connectivity index (χ1) is 12.1. The highest BCUT2D eigenvalue weighted by Crippen LogP contribution is 2.29. The maximum atomic E-state index is 12.5. The van der Waals surface area contributed by atoms with Gasteiger partial charge in [-0.3, -0.25) is 14.5 Å². The zero-order valence-corrected chi connectivity index (χ0v) is 14.5. The van der Waals surface area contributed by atoms with E-state index >= 15 is 0 Å². The standard InChI is InChI=1S/C20H16N2O2S/c1-13-21-18(14-7-3-2-4-8-14)17(25-13)11-12-22-19(23)15-9-5-6-10-16(15)20(22)24/h2-10H,11-12H2,1H3. The number of benzene rings is 2. The minimum Gasteiger partial charge on any atom is -0.274 e. The fourth-order valence-electron chi connectivity index (χ4n) is 3.12. The number of carbonyl (C=O) groups is 2. The van der Waals surface area contributed by atoms with Gasteiger partial charge in [0.1, 0.15) is 0 Å². The van der Waals surface area contributed by atoms with E-state index in [1.54, 1.807) is 35.6 Å². The Morgan fingerprint density at radius 3 is 2.16 bits per heavy atom. The first-order valence-corrected chi connectivity index (χ1v) is 8.94. The maximum Gasteiger partial charge on any atom is 0.261 e. The van der Waals surface area contributed by atoms with Gasteiger partial charge in [-0.05, 0) is 19.1 Å². The van der Waals surface area contributed by atoms with E-state index in [9.17, 15) is 9.59 Å². The average Bonchev–Trinajstić information content (AvgIpc) is 3.13. The second-order valence-corrected chi connectivity index (χ2v) is 7.22. The van der Waals surface area contributed by atoms with E-state index in [0.717, 1.165) is 21.1 Å². The van der Waals surface area contributed by atoms with E-state index in [1.807, 2.05) is 37.3 Å². The molecule has 2 amide bonds. The number of hydrogen-bond acceptors (Lipinski definition) is 4. The van der Waals surface area contributed by atoms with Gasteiger partial charge in [0, 0.05) is 23.4 Å². The van der Waals surface area contributed by atoms with Crippen molar-refractivity contribution in [1.29, 1.82) is 0 Å². The SMILES string of the molecule is Cc1nc(-c2ccccc2)c(CCN2C(=O)c3ccccc3C2=O)s1. The van der Waals surface area contributed by atoms with E-state index in [-0.39, 0.29) is 11.8 Å². The van der Waals surface area contributed by atoms with Crippen LogP contribution in [-0.4, -0.2) is 28.2 Å². The van der Waals surface area contributed by atoms with Gasteiger partial charge in [0.15, 0.2) is 0 Å². The van der Waals surface area contributed by atoms with Gasteiger partial charge in [0.2, 0.25) is 0 Å². The molecule has 1 aliphatic heterocycles. The Morgan fingerprint density at radius 2 is 1.52 bits per heavy atom. The smallest absolute Gasteiger partial charge is 0.261 e. The first kappa shape index (κ1) is 15.7. The van der Waals surface area contributed by atoms with Crippen molar-refractivity contribution in [1.82, 2.24) is 9.88 Å². The summed E-state index contributed by atoms with van der Waals surface area (Å²) < 4.78 is 0. The van der Waals surface area contributed by atoms with Crippen LogP contribution in [0, 0.1) is 6.92 Å². The monoisotopic (exact) mass is 348 g/mol. The van der Waals surface area contributed by atoms with Gasteiger partial charge < -0.3 is 0 Å². The third kappa shape index (κ3) is 2.76. The molecule has 5 heteroatoms. The minimum absolute atomic E-state index is 0.205. The lowest BCUT2D eigenvalue weighted by atomic mass is 10.1. The fraction of sp³-hybridized carbons (Fsp3) is 0.150. The molecule has 0 bridgehead atoms. The lowest BCUT2D eigenvalue weighted by Crippen LogP contribution is -2.31. The summed E-state index contributed by atoms with van der Waals surface area (Å²) in [5.74, 6) is -0.411. The van der Waals surface area contributed by atoms with Crippen LogP contribution in [0.3, 0.4) is 0 Å². The van der Waals surface area contributed by atoms with Crippen LogP contribution >= 0.6 is 11.3 Å². The van der Waals surface area contributed by atoms with Gasteiger partial charge in [-0.1, -0.05) is 42.5 Å². The van der Waals surface area contributed by atoms with Gasteiger partial charge in [-0.25, -0.2) is 4.98 Å². The number of amides is 2. The lowest BCUT2D eigenvalue weighted by Gasteiger charge is -2.13. The number of fused-ring (bicyclic) bond motifs is 1. The highest BCUT2D eigenvalue weighted by Gasteiger charge is 2.34. The van der Waals surface area contributed by atoms with Crippen molar-refractivity contribution in [3.8, 4) is 11.3 Å². The Bertz CT molecular complexity index is 928. The molecule has 0 atom stereocenters. The molecule has 2 heterocycles. The summed E-state index contributed by atoms with van der Waals surface area (Å²) in [7, 11) is 0. The summed E-state index contributed by atoms with van der Waals surface area (Å²) in [6, 6.07) is 17.0. The molecule has 0 aliphatic carbocycles. The number of rotatable bonds is 4. The summed E-state index contributed by atoms with van der Waals surface area (Å²) in [5.41, 5.74) is 3.00. The summed E-state index contributed by atoms with van der Waals surface area (Å²) in [6.45, 7) is 2.34. The normalized spacial score (nSPS) is 13.4. The summed E-state index contributed by atoms with van der Waals surface area (Å²) in [5, 5.41) is 0.983. The molecule has 0 radical (unpaired) electrons. The van der Waals surface area contributed by atoms with Gasteiger partial charge in [-0.2, -0.15) is 0 Å². The summed E-state index contributed by atoms with van der Waals surface area (Å²) in [6.07, 6.45) is 0.612. The van der Waals surface area contributed by atoms with Crippen LogP contribution in [0.1, 0.15) is 30.6 Å². The average molecular weight is 348 g/mol. The Balaban J connectivity index is 1.58. The highest BCUT2D eigenvalue weighted by molar-refractivity contribution is 7.12. The Hall–Kier alpha value is -2.79. The van der Waals surface area contributed by atoms with E-state index in [2.05, 4.69) is 4.98 Å². The maximum absolute atomic E-state index is 12.5. The van der Waals surface area contributed by atoms with Crippen molar-refractivity contribution in [3.63, 3.8) is 0 Å². The number of nitrogens with zero attached hydrogens (tertiary/aromatic N) is 2. The predicted octanol–water partition coefficient (Wildman–Crippen LogP) is 3.96. The molecular formula is C20H16N2O2S. The molecular weight excluding hydrogens is 332 g/mol. The van der Waals surface area contributed by atoms with Gasteiger partial charge >= 0.3 is 0 Å². The Morgan fingerprint density at radius 1 is 0.920 bits per heavy atom. The van der Waals surface area contributed by atoms with Crippen LogP contribution in [0.15, 0.2) is 54.6 Å². The molecule has 25 heavy (non-hydrogen) atoms. The fourth-order valence-corrected chi connectivity index (χ4v) is 4.06. The van der Waals surface area contributed by atoms with Crippen molar-refractivity contribution < 1.29 is 9.59 Å². The van der Waals surface area contributed by atoms with Gasteiger partial charge in [0.05, 0.1) is 21.8 Å². The van der Waals surface area contributed by atoms with E-state index in [1.165, 1.54) is 4.90 Å². The number of carbonyl (C=O) groups excluding carboxylic acids is 2. The van der Waals surface area contributed by atoms with Crippen LogP contribution < -0.4 is 0 Å². The second-order valence-electron chi connectivity index (χ2n) is 5.93. The molecule has 2 aromatic carbocycles. The molecule has 124 valence electrons. The zero-order valence-electron chi connectivity index (χ0n) is 13.7. The number of thiazole rings is 1. The molecule has 4 nitrogen and oxygen atoms in total. The minimum atomic E-state index is -0.205. The zero-order chi connectivity index (χ0) is 17.4. The largest absolute Gasteiger partial charge is 0.274 e. The molecule has 4 rings (SSSR count). The highest BCUT2D eigenvalue weighted by atomic mass is 32.1. The van der Waals surface area contributed by atoms with Crippen molar-refractivity contribution in [2.24, 2.45) is 0 Å². The molecule has 1 aliphatic rings. The molecule has 0 saturated heterocycles. The molecule has 3 aromatic rings. The molecule has 0 saturated carbocycles. The Kier molecular flexibility index (Phi) is 3.93. The molecule has 0 unspecified atom stereocenters. The third-order valence-electron chi connectivity index (χ3n) is 4.29. The van der Waals surface area contributed by atoms with Crippen molar-refractivity contribution in [2.75, 3.05) is 6.54 Å². The van der Waals surface area contributed by atoms with Crippen molar-refractivity contribution >= 4 is 23.2 Å². The van der Waals surface area contributed by atoms with Gasteiger partial charge in [-0.15, -0.1) is 11.3 Å². The van der Waals surface area contributed by atoms with E-state index in [4.69, 9.17) is 0 Å². The number of hydrogen-bond donors (Lipinski definition) is 0. The quantitative estimate of drug-likeness (QED) is 0.671. The van der Waals surface area contributed by atoms with E-state index in [0.29, 0.717) is 24.1 Å². The molecule has 0 fully saturated rings. The summed E-state index contributed by atoms with van der Waals surface area (Å²) >= 11 is 1.62. The number of aromatic nitrogens is 1. The topological polar surface area (TPSA) is 50.3 Å². The van der Waals surface area contributed by atoms with Gasteiger partial charge in [0.25, 0.3) is 11.8 Å². The van der Waals surface area contributed by atoms with Crippen molar-refractivity contribution in [2.45, 2.75) is 13.3 Å². The number of imide groups is 1. The van der Waals surface area contributed by atoms with Crippen LogP contribution in [0.25, 0.3) is 11.3 Å². The lowest BCUT2D eigenvalue weighted by molar-refractivity contribution is 0.0656. The van der Waals surface area contributed by atoms with E-state index < -0.39 is 0 Å². The third-order valence-corrected chi connectivity index (χ3v) is 5.32.